The molecule has 1 aromatic heterocycles. The topological polar surface area (TPSA) is 62.1 Å². The molecule has 1 aliphatic rings. The van der Waals surface area contributed by atoms with Gasteiger partial charge in [-0.05, 0) is 36.4 Å². The van der Waals surface area contributed by atoms with E-state index in [1.54, 1.807) is 24.3 Å². The van der Waals surface area contributed by atoms with E-state index < -0.39 is 0 Å². The van der Waals surface area contributed by atoms with Gasteiger partial charge in [-0.3, -0.25) is 4.79 Å². The zero-order valence-corrected chi connectivity index (χ0v) is 17.1. The number of carbonyl (C=O) groups is 1. The Morgan fingerprint density at radius 3 is 2.52 bits per heavy atom. The summed E-state index contributed by atoms with van der Waals surface area (Å²) in [4.78, 5) is 17.6. The molecule has 5 rings (SSSR count). The molecular weight excluding hydrogens is 412 g/mol. The molecule has 0 saturated heterocycles. The number of fused-ring (bicyclic) bond motifs is 2. The number of aromatic nitrogens is 1. The molecule has 3 aromatic carbocycles. The van der Waals surface area contributed by atoms with Gasteiger partial charge in [-0.25, -0.2) is 0 Å². The van der Waals surface area contributed by atoms with E-state index in [1.807, 2.05) is 47.0 Å². The van der Waals surface area contributed by atoms with E-state index in [4.69, 9.17) is 20.6 Å². The number of terminal acetylenes is 1. The summed E-state index contributed by atoms with van der Waals surface area (Å²) in [6.07, 6.45) is 5.55. The zero-order valence-electron chi connectivity index (χ0n) is 16.3. The lowest BCUT2D eigenvalue weighted by Crippen LogP contribution is -2.16. The number of ether oxygens (including phenoxy) is 3. The highest BCUT2D eigenvalue weighted by atomic mass is 32.1. The summed E-state index contributed by atoms with van der Waals surface area (Å²) in [5, 5.41) is 0. The lowest BCUT2D eigenvalue weighted by Gasteiger charge is -2.05. The van der Waals surface area contributed by atoms with Crippen LogP contribution in [0.15, 0.2) is 71.7 Å². The minimum Gasteiger partial charge on any atom is -0.457 e. The summed E-state index contributed by atoms with van der Waals surface area (Å²) in [5.41, 5.74) is 1.31. The number of para-hydroxylation sites is 1. The van der Waals surface area contributed by atoms with Gasteiger partial charge in [-0.1, -0.05) is 35.5 Å². The molecule has 0 unspecified atom stereocenters. The molecule has 0 atom stereocenters. The smallest absolute Gasteiger partial charge is 0.279 e. The van der Waals surface area contributed by atoms with Gasteiger partial charge in [0.05, 0.1) is 16.8 Å². The number of rotatable bonds is 4. The molecule has 0 fully saturated rings. The Kier molecular flexibility index (Phi) is 4.90. The molecule has 0 bridgehead atoms. The Morgan fingerprint density at radius 2 is 1.77 bits per heavy atom. The van der Waals surface area contributed by atoms with Crippen LogP contribution >= 0.6 is 11.3 Å². The molecule has 0 N–H and O–H groups in total. The standard InChI is InChI=1S/C24H16N2O4S/c1-2-12-26-19-13-20-21(29-15-28-20)14-22(19)31-24(26)25-23(27)16-8-10-18(11-9-16)30-17-6-4-3-5-7-17/h1,3-11,13-14H,12,15H2. The highest BCUT2D eigenvalue weighted by Gasteiger charge is 2.18. The third-order valence-corrected chi connectivity index (χ3v) is 5.75. The monoisotopic (exact) mass is 428 g/mol. The van der Waals surface area contributed by atoms with Crippen LogP contribution in [0.25, 0.3) is 10.2 Å². The van der Waals surface area contributed by atoms with Gasteiger partial charge in [-0.2, -0.15) is 4.99 Å². The first-order valence-electron chi connectivity index (χ1n) is 9.50. The van der Waals surface area contributed by atoms with Crippen molar-refractivity contribution in [2.75, 3.05) is 6.79 Å². The average molecular weight is 428 g/mol. The predicted octanol–water partition coefficient (Wildman–Crippen LogP) is 4.60. The molecule has 2 heterocycles. The molecule has 0 spiro atoms. The average Bonchev–Trinajstić information content (AvgIpc) is 3.37. The third-order valence-electron chi connectivity index (χ3n) is 4.70. The maximum absolute atomic E-state index is 12.8. The molecule has 0 aliphatic carbocycles. The van der Waals surface area contributed by atoms with E-state index in [0.717, 1.165) is 16.0 Å². The van der Waals surface area contributed by atoms with Crippen molar-refractivity contribution in [1.29, 1.82) is 0 Å². The molecule has 6 nitrogen and oxygen atoms in total. The van der Waals surface area contributed by atoms with Crippen LogP contribution in [0.5, 0.6) is 23.0 Å². The maximum Gasteiger partial charge on any atom is 0.279 e. The zero-order chi connectivity index (χ0) is 21.2. The number of thiazole rings is 1. The van der Waals surface area contributed by atoms with E-state index in [1.165, 1.54) is 11.3 Å². The highest BCUT2D eigenvalue weighted by molar-refractivity contribution is 7.16. The van der Waals surface area contributed by atoms with Crippen molar-refractivity contribution in [2.45, 2.75) is 6.54 Å². The normalized spacial score (nSPS) is 12.7. The SMILES string of the molecule is C#CCn1c(=NC(=O)c2ccc(Oc3ccccc3)cc2)sc2cc3c(cc21)OCO3. The van der Waals surface area contributed by atoms with Crippen molar-refractivity contribution in [3.63, 3.8) is 0 Å². The van der Waals surface area contributed by atoms with Crippen molar-refractivity contribution in [3.05, 3.63) is 77.1 Å². The molecule has 152 valence electrons. The van der Waals surface area contributed by atoms with E-state index in [0.29, 0.717) is 27.6 Å². The van der Waals surface area contributed by atoms with Gasteiger partial charge in [0.1, 0.15) is 11.5 Å². The summed E-state index contributed by atoms with van der Waals surface area (Å²) < 4.78 is 19.4. The van der Waals surface area contributed by atoms with E-state index >= 15 is 0 Å². The Bertz CT molecular complexity index is 1380. The highest BCUT2D eigenvalue weighted by Crippen LogP contribution is 2.37. The second-order valence-electron chi connectivity index (χ2n) is 6.70. The second-order valence-corrected chi connectivity index (χ2v) is 7.71. The van der Waals surface area contributed by atoms with Gasteiger partial charge in [0.25, 0.3) is 5.91 Å². The van der Waals surface area contributed by atoms with Gasteiger partial charge in [0, 0.05) is 17.7 Å². The third kappa shape index (κ3) is 3.77. The Morgan fingerprint density at radius 1 is 1.06 bits per heavy atom. The molecule has 1 amide bonds. The van der Waals surface area contributed by atoms with Crippen LogP contribution in [-0.4, -0.2) is 17.3 Å². The first kappa shape index (κ1) is 19.0. The fourth-order valence-corrected chi connectivity index (χ4v) is 4.27. The van der Waals surface area contributed by atoms with Crippen LogP contribution in [0.1, 0.15) is 10.4 Å². The molecule has 0 saturated carbocycles. The number of benzene rings is 3. The first-order chi connectivity index (χ1) is 15.2. The second kappa shape index (κ2) is 8.01. The van der Waals surface area contributed by atoms with Crippen molar-refractivity contribution >= 4 is 27.5 Å². The van der Waals surface area contributed by atoms with Gasteiger partial charge in [0.15, 0.2) is 16.3 Å². The van der Waals surface area contributed by atoms with Crippen LogP contribution in [0.3, 0.4) is 0 Å². The van der Waals surface area contributed by atoms with Gasteiger partial charge >= 0.3 is 0 Å². The molecule has 0 radical (unpaired) electrons. The van der Waals surface area contributed by atoms with E-state index in [2.05, 4.69) is 10.9 Å². The largest absolute Gasteiger partial charge is 0.457 e. The minimum atomic E-state index is -0.358. The molecule has 1 aliphatic heterocycles. The molecule has 7 heteroatoms. The number of carbonyl (C=O) groups excluding carboxylic acids is 1. The quantitative estimate of drug-likeness (QED) is 0.446. The lowest BCUT2D eigenvalue weighted by atomic mass is 10.2. The van der Waals surface area contributed by atoms with Crippen molar-refractivity contribution < 1.29 is 19.0 Å². The minimum absolute atomic E-state index is 0.196. The van der Waals surface area contributed by atoms with Gasteiger partial charge < -0.3 is 18.8 Å². The summed E-state index contributed by atoms with van der Waals surface area (Å²) in [6.45, 7) is 0.483. The summed E-state index contributed by atoms with van der Waals surface area (Å²) >= 11 is 1.38. The predicted molar refractivity (Wildman–Crippen MR) is 118 cm³/mol. The Hall–Kier alpha value is -4.02. The maximum atomic E-state index is 12.8. The van der Waals surface area contributed by atoms with Gasteiger partial charge in [0.2, 0.25) is 6.79 Å². The first-order valence-corrected chi connectivity index (χ1v) is 10.3. The van der Waals surface area contributed by atoms with E-state index in [-0.39, 0.29) is 19.2 Å². The number of hydrogen-bond acceptors (Lipinski definition) is 5. The molecule has 4 aromatic rings. The summed E-state index contributed by atoms with van der Waals surface area (Å²) in [5.74, 6) is 4.96. The molecule has 31 heavy (non-hydrogen) atoms. The number of hydrogen-bond donors (Lipinski definition) is 0. The van der Waals surface area contributed by atoms with Crippen LogP contribution in [0.4, 0.5) is 0 Å². The fraction of sp³-hybridized carbons (Fsp3) is 0.0833. The summed E-state index contributed by atoms with van der Waals surface area (Å²) in [7, 11) is 0. The van der Waals surface area contributed by atoms with Crippen molar-refractivity contribution in [2.24, 2.45) is 4.99 Å². The van der Waals surface area contributed by atoms with Crippen molar-refractivity contribution in [3.8, 4) is 35.3 Å². The number of amides is 1. The lowest BCUT2D eigenvalue weighted by molar-refractivity contribution is 0.0998. The van der Waals surface area contributed by atoms with E-state index in [9.17, 15) is 4.79 Å². The van der Waals surface area contributed by atoms with Gasteiger partial charge in [-0.15, -0.1) is 6.42 Å². The van der Waals surface area contributed by atoms with Crippen LogP contribution in [0.2, 0.25) is 0 Å². The molecular formula is C24H16N2O4S. The van der Waals surface area contributed by atoms with Crippen LogP contribution < -0.4 is 19.0 Å². The fourth-order valence-electron chi connectivity index (χ4n) is 3.23. The number of nitrogens with zero attached hydrogens (tertiary/aromatic N) is 2. The summed E-state index contributed by atoms with van der Waals surface area (Å²) in [6, 6.07) is 20.1. The van der Waals surface area contributed by atoms with Crippen LogP contribution in [0, 0.1) is 12.3 Å². The van der Waals surface area contributed by atoms with Crippen molar-refractivity contribution in [1.82, 2.24) is 4.57 Å². The van der Waals surface area contributed by atoms with Crippen LogP contribution in [-0.2, 0) is 6.54 Å². The Labute approximate surface area is 182 Å². The Balaban J connectivity index is 1.46.